The number of hydrogen-bond acceptors (Lipinski definition) is 3. The lowest BCUT2D eigenvalue weighted by molar-refractivity contribution is 0.0652. The third-order valence-electron chi connectivity index (χ3n) is 4.37. The van der Waals surface area contributed by atoms with Gasteiger partial charge < -0.3 is 14.4 Å². The van der Waals surface area contributed by atoms with E-state index in [1.165, 1.54) is 5.56 Å². The van der Waals surface area contributed by atoms with Crippen molar-refractivity contribution in [3.05, 3.63) is 54.1 Å². The summed E-state index contributed by atoms with van der Waals surface area (Å²) in [6, 6.07) is 10.3. The molecular weight excluding hydrogens is 276 g/mol. The number of likely N-dealkylation sites (N-methyl/N-ethyl adjacent to an activating group) is 1. The number of aromatic nitrogens is 2. The van der Waals surface area contributed by atoms with Crippen LogP contribution in [-0.4, -0.2) is 58.5 Å². The van der Waals surface area contributed by atoms with Crippen LogP contribution in [0.3, 0.4) is 0 Å². The summed E-state index contributed by atoms with van der Waals surface area (Å²) in [6.45, 7) is 5.50. The molecule has 2 heterocycles. The summed E-state index contributed by atoms with van der Waals surface area (Å²) in [5, 5.41) is 0. The Morgan fingerprint density at radius 3 is 2.50 bits per heavy atom. The van der Waals surface area contributed by atoms with Crippen LogP contribution in [0.2, 0.25) is 0 Å². The van der Waals surface area contributed by atoms with Gasteiger partial charge in [-0.05, 0) is 19.5 Å². The highest BCUT2D eigenvalue weighted by Gasteiger charge is 2.24. The molecule has 22 heavy (non-hydrogen) atoms. The number of rotatable bonds is 3. The van der Waals surface area contributed by atoms with E-state index in [2.05, 4.69) is 36.0 Å². The molecule has 3 rings (SSSR count). The van der Waals surface area contributed by atoms with Gasteiger partial charge in [0.25, 0.3) is 5.91 Å². The summed E-state index contributed by atoms with van der Waals surface area (Å²) in [7, 11) is 2.09. The van der Waals surface area contributed by atoms with Gasteiger partial charge >= 0.3 is 0 Å². The van der Waals surface area contributed by atoms with Crippen molar-refractivity contribution in [1.29, 1.82) is 0 Å². The van der Waals surface area contributed by atoms with Crippen LogP contribution in [0.1, 0.15) is 29.0 Å². The molecule has 0 saturated carbocycles. The first-order valence-electron chi connectivity index (χ1n) is 7.71. The Bertz CT molecular complexity index is 629. The zero-order chi connectivity index (χ0) is 15.5. The van der Waals surface area contributed by atoms with Crippen molar-refractivity contribution in [3.63, 3.8) is 0 Å². The van der Waals surface area contributed by atoms with Gasteiger partial charge in [-0.3, -0.25) is 4.79 Å². The minimum Gasteiger partial charge on any atom is -0.335 e. The van der Waals surface area contributed by atoms with Crippen molar-refractivity contribution in [3.8, 4) is 0 Å². The molecular formula is C17H22N4O. The number of nitrogens with zero attached hydrogens (tertiary/aromatic N) is 4. The predicted molar refractivity (Wildman–Crippen MR) is 85.9 cm³/mol. The lowest BCUT2D eigenvalue weighted by Gasteiger charge is -2.32. The van der Waals surface area contributed by atoms with E-state index in [-0.39, 0.29) is 11.9 Å². The van der Waals surface area contributed by atoms with Crippen LogP contribution < -0.4 is 0 Å². The monoisotopic (exact) mass is 298 g/mol. The second-order valence-corrected chi connectivity index (χ2v) is 5.87. The lowest BCUT2D eigenvalue weighted by atomic mass is 10.1. The van der Waals surface area contributed by atoms with Gasteiger partial charge in [-0.25, -0.2) is 4.98 Å². The number of amides is 1. The SMILES string of the molecule is CC(c1ccccc1)n1cncc1C(=O)N1CCN(C)CC1. The molecule has 0 bridgehead atoms. The number of imidazole rings is 1. The molecule has 1 aromatic heterocycles. The molecule has 0 aliphatic carbocycles. The Balaban J connectivity index is 1.81. The quantitative estimate of drug-likeness (QED) is 0.869. The summed E-state index contributed by atoms with van der Waals surface area (Å²) < 4.78 is 1.97. The van der Waals surface area contributed by atoms with Crippen LogP contribution >= 0.6 is 0 Å². The van der Waals surface area contributed by atoms with Gasteiger partial charge in [-0.2, -0.15) is 0 Å². The van der Waals surface area contributed by atoms with Crippen LogP contribution in [-0.2, 0) is 0 Å². The third-order valence-corrected chi connectivity index (χ3v) is 4.37. The smallest absolute Gasteiger partial charge is 0.272 e. The van der Waals surface area contributed by atoms with E-state index in [0.717, 1.165) is 26.2 Å². The number of benzene rings is 1. The van der Waals surface area contributed by atoms with Crippen molar-refractivity contribution in [2.45, 2.75) is 13.0 Å². The Morgan fingerprint density at radius 1 is 1.14 bits per heavy atom. The summed E-state index contributed by atoms with van der Waals surface area (Å²) >= 11 is 0. The van der Waals surface area contributed by atoms with Crippen LogP contribution in [0, 0.1) is 0 Å². The van der Waals surface area contributed by atoms with E-state index in [9.17, 15) is 4.79 Å². The van der Waals surface area contributed by atoms with Gasteiger partial charge in [-0.1, -0.05) is 30.3 Å². The van der Waals surface area contributed by atoms with Crippen molar-refractivity contribution < 1.29 is 4.79 Å². The van der Waals surface area contributed by atoms with E-state index in [1.54, 1.807) is 12.5 Å². The fraction of sp³-hybridized carbons (Fsp3) is 0.412. The second kappa shape index (κ2) is 6.32. The van der Waals surface area contributed by atoms with Crippen molar-refractivity contribution in [2.75, 3.05) is 33.2 Å². The summed E-state index contributed by atoms with van der Waals surface area (Å²) in [6.07, 6.45) is 3.43. The third kappa shape index (κ3) is 2.90. The molecule has 1 saturated heterocycles. The number of carbonyl (C=O) groups excluding carboxylic acids is 1. The molecule has 1 aliphatic heterocycles. The first-order valence-corrected chi connectivity index (χ1v) is 7.71. The van der Waals surface area contributed by atoms with E-state index in [0.29, 0.717) is 5.69 Å². The molecule has 1 fully saturated rings. The van der Waals surface area contributed by atoms with Gasteiger partial charge in [0.05, 0.1) is 18.6 Å². The van der Waals surface area contributed by atoms with E-state index in [1.807, 2.05) is 27.7 Å². The van der Waals surface area contributed by atoms with Crippen LogP contribution in [0.4, 0.5) is 0 Å². The zero-order valence-corrected chi connectivity index (χ0v) is 13.1. The highest BCUT2D eigenvalue weighted by atomic mass is 16.2. The van der Waals surface area contributed by atoms with Gasteiger partial charge in [0.1, 0.15) is 5.69 Å². The maximum absolute atomic E-state index is 12.8. The minimum atomic E-state index is 0.0772. The zero-order valence-electron chi connectivity index (χ0n) is 13.1. The summed E-state index contributed by atoms with van der Waals surface area (Å²) in [5.41, 5.74) is 1.84. The Hall–Kier alpha value is -2.14. The molecule has 0 radical (unpaired) electrons. The van der Waals surface area contributed by atoms with Crippen molar-refractivity contribution in [2.24, 2.45) is 0 Å². The molecule has 5 heteroatoms. The molecule has 5 nitrogen and oxygen atoms in total. The fourth-order valence-electron chi connectivity index (χ4n) is 2.84. The van der Waals surface area contributed by atoms with Crippen molar-refractivity contribution >= 4 is 5.91 Å². The Labute approximate surface area is 131 Å². The van der Waals surface area contributed by atoms with Gasteiger partial charge in [-0.15, -0.1) is 0 Å². The largest absolute Gasteiger partial charge is 0.335 e. The molecule has 0 spiro atoms. The number of piperazine rings is 1. The van der Waals surface area contributed by atoms with Crippen LogP contribution in [0.15, 0.2) is 42.9 Å². The van der Waals surface area contributed by atoms with Crippen LogP contribution in [0.5, 0.6) is 0 Å². The van der Waals surface area contributed by atoms with Gasteiger partial charge in [0.2, 0.25) is 0 Å². The van der Waals surface area contributed by atoms with E-state index in [4.69, 9.17) is 0 Å². The maximum atomic E-state index is 12.8. The molecule has 1 atom stereocenters. The highest BCUT2D eigenvalue weighted by molar-refractivity contribution is 5.92. The second-order valence-electron chi connectivity index (χ2n) is 5.87. The summed E-state index contributed by atoms with van der Waals surface area (Å²) in [4.78, 5) is 21.1. The van der Waals surface area contributed by atoms with Gasteiger partial charge in [0, 0.05) is 26.2 Å². The van der Waals surface area contributed by atoms with Crippen molar-refractivity contribution in [1.82, 2.24) is 19.4 Å². The maximum Gasteiger partial charge on any atom is 0.272 e. The van der Waals surface area contributed by atoms with Crippen LogP contribution in [0.25, 0.3) is 0 Å². The lowest BCUT2D eigenvalue weighted by Crippen LogP contribution is -2.47. The Kier molecular flexibility index (Phi) is 4.24. The average molecular weight is 298 g/mol. The average Bonchev–Trinajstić information content (AvgIpc) is 3.04. The topological polar surface area (TPSA) is 41.4 Å². The van der Waals surface area contributed by atoms with E-state index < -0.39 is 0 Å². The standard InChI is InChI=1S/C17H22N4O/c1-14(15-6-4-3-5-7-15)21-13-18-12-16(21)17(22)20-10-8-19(2)9-11-20/h3-7,12-14H,8-11H2,1-2H3. The fourth-order valence-corrected chi connectivity index (χ4v) is 2.84. The molecule has 1 aliphatic rings. The molecule has 1 amide bonds. The number of hydrogen-bond donors (Lipinski definition) is 0. The predicted octanol–water partition coefficient (Wildman–Crippen LogP) is 1.88. The molecule has 2 aromatic rings. The highest BCUT2D eigenvalue weighted by Crippen LogP contribution is 2.20. The number of carbonyl (C=O) groups is 1. The summed E-state index contributed by atoms with van der Waals surface area (Å²) in [5.74, 6) is 0.0772. The molecule has 1 unspecified atom stereocenters. The van der Waals surface area contributed by atoms with E-state index >= 15 is 0 Å². The normalized spacial score (nSPS) is 17.5. The Morgan fingerprint density at radius 2 is 1.82 bits per heavy atom. The molecule has 0 N–H and O–H groups in total. The first kappa shape index (κ1) is 14.8. The minimum absolute atomic E-state index is 0.0772. The molecule has 1 aromatic carbocycles. The van der Waals surface area contributed by atoms with Gasteiger partial charge in [0.15, 0.2) is 0 Å². The molecule has 116 valence electrons. The first-order chi connectivity index (χ1) is 10.7.